The van der Waals surface area contributed by atoms with Crippen molar-refractivity contribution in [3.8, 4) is 11.5 Å². The number of amides is 1. The molecule has 2 heterocycles. The molecule has 3 N–H and O–H groups in total. The maximum atomic E-state index is 11.9. The Kier molecular flexibility index (Phi) is 5.58. The third kappa shape index (κ3) is 3.95. The van der Waals surface area contributed by atoms with E-state index < -0.39 is 5.91 Å². The lowest BCUT2D eigenvalue weighted by Crippen LogP contribution is -2.36. The molecule has 0 atom stereocenters. The smallest absolute Gasteiger partial charge is 0.252 e. The molecule has 30 heavy (non-hydrogen) atoms. The van der Waals surface area contributed by atoms with Crippen molar-refractivity contribution in [1.29, 1.82) is 0 Å². The van der Waals surface area contributed by atoms with E-state index in [0.29, 0.717) is 30.0 Å². The van der Waals surface area contributed by atoms with Gasteiger partial charge >= 0.3 is 0 Å². The summed E-state index contributed by atoms with van der Waals surface area (Å²) >= 11 is 0. The number of hydrogen-bond acceptors (Lipinski definition) is 7. The fraction of sp³-hybridized carbons (Fsp3) is 0.273. The van der Waals surface area contributed by atoms with Gasteiger partial charge in [-0.3, -0.25) is 9.78 Å². The van der Waals surface area contributed by atoms with Crippen LogP contribution in [-0.2, 0) is 4.74 Å². The zero-order valence-electron chi connectivity index (χ0n) is 17.0. The number of aromatic nitrogens is 1. The van der Waals surface area contributed by atoms with Gasteiger partial charge in [-0.1, -0.05) is 0 Å². The van der Waals surface area contributed by atoms with Gasteiger partial charge < -0.3 is 30.2 Å². The van der Waals surface area contributed by atoms with Crippen LogP contribution in [0.2, 0.25) is 0 Å². The van der Waals surface area contributed by atoms with Gasteiger partial charge in [0.1, 0.15) is 11.5 Å². The maximum Gasteiger partial charge on any atom is 0.252 e. The predicted octanol–water partition coefficient (Wildman–Crippen LogP) is 2.93. The molecule has 0 aliphatic carbocycles. The molecule has 156 valence electrons. The Morgan fingerprint density at radius 3 is 2.63 bits per heavy atom. The van der Waals surface area contributed by atoms with E-state index >= 15 is 0 Å². The number of carbonyl (C=O) groups excluding carboxylic acids is 1. The topological polar surface area (TPSA) is 98.9 Å². The van der Waals surface area contributed by atoms with E-state index in [2.05, 4.69) is 21.3 Å². The normalized spacial score (nSPS) is 13.9. The summed E-state index contributed by atoms with van der Waals surface area (Å²) in [6.45, 7) is 3.05. The Morgan fingerprint density at radius 1 is 1.13 bits per heavy atom. The van der Waals surface area contributed by atoms with Crippen molar-refractivity contribution in [3.05, 3.63) is 48.2 Å². The quantitative estimate of drug-likeness (QED) is 0.647. The molecule has 0 saturated carbocycles. The molecule has 1 aliphatic rings. The molecule has 8 heteroatoms. The number of nitrogens with one attached hydrogen (secondary N) is 1. The van der Waals surface area contributed by atoms with Crippen molar-refractivity contribution in [2.24, 2.45) is 5.73 Å². The van der Waals surface area contributed by atoms with E-state index in [1.165, 1.54) is 7.11 Å². The van der Waals surface area contributed by atoms with Crippen molar-refractivity contribution in [3.63, 3.8) is 0 Å². The third-order valence-corrected chi connectivity index (χ3v) is 5.11. The monoisotopic (exact) mass is 408 g/mol. The summed E-state index contributed by atoms with van der Waals surface area (Å²) in [6.07, 6.45) is 1.71. The number of hydrogen-bond donors (Lipinski definition) is 2. The standard InChI is InChI=1S/C22H24N4O4/c1-28-16-10-14(9-15(11-16)26-5-7-30-8-6-26)25-19-3-4-24-20-13-21(29-2)18(22(23)27)12-17(19)20/h3-4,9-13H,5-8H2,1-2H3,(H2,23,27)(H,24,25). The zero-order chi connectivity index (χ0) is 21.1. The molecule has 3 aromatic rings. The van der Waals surface area contributed by atoms with Gasteiger partial charge in [0.2, 0.25) is 0 Å². The number of nitrogens with two attached hydrogens (primary N) is 1. The molecule has 1 saturated heterocycles. The number of nitrogens with zero attached hydrogens (tertiary/aromatic N) is 2. The summed E-state index contributed by atoms with van der Waals surface area (Å²) in [5.41, 5.74) is 9.24. The minimum absolute atomic E-state index is 0.306. The van der Waals surface area contributed by atoms with Crippen molar-refractivity contribution < 1.29 is 19.0 Å². The van der Waals surface area contributed by atoms with Crippen LogP contribution in [0.15, 0.2) is 42.6 Å². The number of carbonyl (C=O) groups is 1. The van der Waals surface area contributed by atoms with Gasteiger partial charge in [0.05, 0.1) is 38.5 Å². The highest BCUT2D eigenvalue weighted by Crippen LogP contribution is 2.33. The highest BCUT2D eigenvalue weighted by molar-refractivity contribution is 6.03. The van der Waals surface area contributed by atoms with Gasteiger partial charge in [0.15, 0.2) is 0 Å². The molecule has 8 nitrogen and oxygen atoms in total. The van der Waals surface area contributed by atoms with Crippen LogP contribution < -0.4 is 25.4 Å². The van der Waals surface area contributed by atoms with E-state index in [9.17, 15) is 4.79 Å². The van der Waals surface area contributed by atoms with Gasteiger partial charge in [-0.2, -0.15) is 0 Å². The predicted molar refractivity (Wildman–Crippen MR) is 116 cm³/mol. The van der Waals surface area contributed by atoms with Crippen molar-refractivity contribution in [1.82, 2.24) is 4.98 Å². The van der Waals surface area contributed by atoms with Crippen LogP contribution >= 0.6 is 0 Å². The van der Waals surface area contributed by atoms with Crippen molar-refractivity contribution in [2.45, 2.75) is 0 Å². The number of benzene rings is 2. The highest BCUT2D eigenvalue weighted by Gasteiger charge is 2.16. The SMILES string of the molecule is COc1cc(Nc2ccnc3cc(OC)c(C(N)=O)cc23)cc(N2CCOCC2)c1. The minimum atomic E-state index is -0.556. The largest absolute Gasteiger partial charge is 0.497 e. The molecule has 0 radical (unpaired) electrons. The molecule has 0 unspecified atom stereocenters. The first-order valence-corrected chi connectivity index (χ1v) is 9.64. The maximum absolute atomic E-state index is 11.9. The zero-order valence-corrected chi connectivity index (χ0v) is 17.0. The molecule has 1 aromatic heterocycles. The first-order chi connectivity index (χ1) is 14.6. The molecule has 0 bridgehead atoms. The first kappa shape index (κ1) is 19.8. The number of rotatable bonds is 6. The minimum Gasteiger partial charge on any atom is -0.497 e. The van der Waals surface area contributed by atoms with Crippen LogP contribution in [0.4, 0.5) is 17.1 Å². The Morgan fingerprint density at radius 2 is 1.93 bits per heavy atom. The Balaban J connectivity index is 1.75. The number of anilines is 3. The van der Waals surface area contributed by atoms with E-state index in [1.54, 1.807) is 25.4 Å². The van der Waals surface area contributed by atoms with E-state index in [1.807, 2.05) is 18.2 Å². The Hall–Kier alpha value is -3.52. The summed E-state index contributed by atoms with van der Waals surface area (Å²) in [5.74, 6) is 0.592. The summed E-state index contributed by atoms with van der Waals surface area (Å²) in [4.78, 5) is 18.5. The summed E-state index contributed by atoms with van der Waals surface area (Å²) in [5, 5.41) is 4.20. The third-order valence-electron chi connectivity index (χ3n) is 5.11. The summed E-state index contributed by atoms with van der Waals surface area (Å²) in [6, 6.07) is 11.3. The van der Waals surface area contributed by atoms with Crippen LogP contribution in [-0.4, -0.2) is 51.4 Å². The van der Waals surface area contributed by atoms with Crippen LogP contribution in [0, 0.1) is 0 Å². The highest BCUT2D eigenvalue weighted by atomic mass is 16.5. The lowest BCUT2D eigenvalue weighted by molar-refractivity contribution is 0.0997. The van der Waals surface area contributed by atoms with Crippen LogP contribution in [0.1, 0.15) is 10.4 Å². The molecule has 4 rings (SSSR count). The van der Waals surface area contributed by atoms with E-state index in [-0.39, 0.29) is 0 Å². The van der Waals surface area contributed by atoms with Gasteiger partial charge in [0.25, 0.3) is 5.91 Å². The second-order valence-corrected chi connectivity index (χ2v) is 6.94. The summed E-state index contributed by atoms with van der Waals surface area (Å²) in [7, 11) is 3.15. The lowest BCUT2D eigenvalue weighted by atomic mass is 10.1. The number of primary amides is 1. The van der Waals surface area contributed by atoms with E-state index in [0.717, 1.165) is 41.3 Å². The average Bonchev–Trinajstić information content (AvgIpc) is 2.78. The second kappa shape index (κ2) is 8.46. The van der Waals surface area contributed by atoms with Gasteiger partial charge in [-0.05, 0) is 18.2 Å². The van der Waals surface area contributed by atoms with Crippen LogP contribution in [0.5, 0.6) is 11.5 Å². The first-order valence-electron chi connectivity index (χ1n) is 9.64. The van der Waals surface area contributed by atoms with E-state index in [4.69, 9.17) is 19.9 Å². The molecule has 1 amide bonds. The Bertz CT molecular complexity index is 1080. The number of pyridine rings is 1. The summed E-state index contributed by atoms with van der Waals surface area (Å²) < 4.78 is 16.3. The fourth-order valence-electron chi connectivity index (χ4n) is 3.58. The second-order valence-electron chi connectivity index (χ2n) is 6.94. The number of morpholine rings is 1. The number of methoxy groups -OCH3 is 2. The molecule has 2 aromatic carbocycles. The number of ether oxygens (including phenoxy) is 3. The van der Waals surface area contributed by atoms with Crippen molar-refractivity contribution >= 4 is 33.9 Å². The molecule has 0 spiro atoms. The average molecular weight is 408 g/mol. The van der Waals surface area contributed by atoms with Crippen LogP contribution in [0.3, 0.4) is 0 Å². The lowest BCUT2D eigenvalue weighted by Gasteiger charge is -2.29. The van der Waals surface area contributed by atoms with Gasteiger partial charge in [-0.15, -0.1) is 0 Å². The van der Waals surface area contributed by atoms with Gasteiger partial charge in [-0.25, -0.2) is 0 Å². The Labute approximate surface area is 174 Å². The molecule has 1 fully saturated rings. The van der Waals surface area contributed by atoms with Gasteiger partial charge in [0, 0.05) is 59.9 Å². The molecular formula is C22H24N4O4. The molecule has 1 aliphatic heterocycles. The fourth-order valence-corrected chi connectivity index (χ4v) is 3.58. The molecular weight excluding hydrogens is 384 g/mol. The van der Waals surface area contributed by atoms with Crippen molar-refractivity contribution in [2.75, 3.05) is 50.7 Å². The number of fused-ring (bicyclic) bond motifs is 1. The van der Waals surface area contributed by atoms with Crippen LogP contribution in [0.25, 0.3) is 10.9 Å².